The molecule has 106 valence electrons. The summed E-state index contributed by atoms with van der Waals surface area (Å²) < 4.78 is 19.3. The minimum absolute atomic E-state index is 0.0385. The zero-order valence-corrected chi connectivity index (χ0v) is 12.8. The maximum atomic E-state index is 13.6. The Labute approximate surface area is 121 Å². The summed E-state index contributed by atoms with van der Waals surface area (Å²) in [4.78, 5) is 11.7. The van der Waals surface area contributed by atoms with Gasteiger partial charge in [-0.25, -0.2) is 4.39 Å². The molecule has 1 N–H and O–H groups in total. The topological polar surface area (TPSA) is 38.3 Å². The van der Waals surface area contributed by atoms with E-state index in [-0.39, 0.29) is 10.0 Å². The third kappa shape index (κ3) is 5.70. The fourth-order valence-corrected chi connectivity index (χ4v) is 1.80. The minimum atomic E-state index is -0.541. The first-order chi connectivity index (χ1) is 9.02. The molecule has 19 heavy (non-hydrogen) atoms. The summed E-state index contributed by atoms with van der Waals surface area (Å²) in [5.41, 5.74) is 0.0385. The van der Waals surface area contributed by atoms with Crippen molar-refractivity contribution in [3.63, 3.8) is 0 Å². The summed E-state index contributed by atoms with van der Waals surface area (Å²) in [6.45, 7) is 5.75. The number of nitrogens with one attached hydrogen (secondary N) is 1. The van der Waals surface area contributed by atoms with Crippen LogP contribution in [0.25, 0.3) is 0 Å². The van der Waals surface area contributed by atoms with E-state index in [2.05, 4.69) is 35.1 Å². The van der Waals surface area contributed by atoms with Gasteiger partial charge in [-0.15, -0.1) is 0 Å². The van der Waals surface area contributed by atoms with Crippen molar-refractivity contribution in [2.24, 2.45) is 5.92 Å². The number of benzene rings is 1. The Morgan fingerprint density at radius 3 is 2.84 bits per heavy atom. The second-order valence-electron chi connectivity index (χ2n) is 4.65. The number of hydrogen-bond donors (Lipinski definition) is 1. The van der Waals surface area contributed by atoms with E-state index in [0.717, 1.165) is 6.42 Å². The van der Waals surface area contributed by atoms with Crippen molar-refractivity contribution in [1.82, 2.24) is 5.32 Å². The third-order valence-corrected chi connectivity index (χ3v) is 3.18. The summed E-state index contributed by atoms with van der Waals surface area (Å²) in [6.07, 6.45) is 0.994. The predicted molar refractivity (Wildman–Crippen MR) is 76.7 cm³/mol. The molecule has 0 fully saturated rings. The van der Waals surface area contributed by atoms with Gasteiger partial charge in [0.15, 0.2) is 0 Å². The maximum Gasteiger partial charge on any atom is 0.254 e. The van der Waals surface area contributed by atoms with Crippen LogP contribution in [0.2, 0.25) is 0 Å². The molecule has 0 aliphatic heterocycles. The highest BCUT2D eigenvalue weighted by molar-refractivity contribution is 9.10. The predicted octanol–water partition coefficient (Wildman–Crippen LogP) is 3.38. The van der Waals surface area contributed by atoms with Gasteiger partial charge >= 0.3 is 0 Å². The SMILES string of the molecule is CC(C)CCOCCNC(=O)c1cccc(Br)c1F. The number of halogens is 2. The maximum absolute atomic E-state index is 13.6. The highest BCUT2D eigenvalue weighted by Crippen LogP contribution is 2.18. The zero-order valence-electron chi connectivity index (χ0n) is 11.2. The van der Waals surface area contributed by atoms with Crippen molar-refractivity contribution >= 4 is 21.8 Å². The molecule has 1 amide bonds. The molecular weight excluding hydrogens is 313 g/mol. The number of amides is 1. The average Bonchev–Trinajstić information content (AvgIpc) is 2.36. The van der Waals surface area contributed by atoms with Crippen molar-refractivity contribution < 1.29 is 13.9 Å². The second kappa shape index (κ2) is 8.27. The standard InChI is InChI=1S/C14H19BrFNO2/c1-10(2)6-8-19-9-7-17-14(18)11-4-3-5-12(15)13(11)16/h3-5,10H,6-9H2,1-2H3,(H,17,18). The lowest BCUT2D eigenvalue weighted by Gasteiger charge is -2.08. The molecule has 0 bridgehead atoms. The Bertz CT molecular complexity index is 424. The van der Waals surface area contributed by atoms with Crippen LogP contribution in [-0.2, 0) is 4.74 Å². The molecule has 5 heteroatoms. The number of rotatable bonds is 7. The first-order valence-corrected chi connectivity index (χ1v) is 7.11. The minimum Gasteiger partial charge on any atom is -0.380 e. The van der Waals surface area contributed by atoms with E-state index in [1.165, 1.54) is 6.07 Å². The molecule has 0 aliphatic rings. The lowest BCUT2D eigenvalue weighted by atomic mass is 10.1. The van der Waals surface area contributed by atoms with Crippen molar-refractivity contribution in [3.05, 3.63) is 34.1 Å². The van der Waals surface area contributed by atoms with Gasteiger partial charge in [-0.1, -0.05) is 19.9 Å². The van der Waals surface area contributed by atoms with Crippen LogP contribution in [0.1, 0.15) is 30.6 Å². The van der Waals surface area contributed by atoms with Crippen molar-refractivity contribution in [2.75, 3.05) is 19.8 Å². The molecule has 0 saturated carbocycles. The number of hydrogen-bond acceptors (Lipinski definition) is 2. The van der Waals surface area contributed by atoms with Crippen LogP contribution in [0.5, 0.6) is 0 Å². The van der Waals surface area contributed by atoms with E-state index in [1.54, 1.807) is 12.1 Å². The number of carbonyl (C=O) groups excluding carboxylic acids is 1. The van der Waals surface area contributed by atoms with Crippen LogP contribution in [0.15, 0.2) is 22.7 Å². The molecule has 0 aromatic heterocycles. The molecule has 0 heterocycles. The lowest BCUT2D eigenvalue weighted by molar-refractivity contribution is 0.0902. The van der Waals surface area contributed by atoms with E-state index in [0.29, 0.717) is 25.7 Å². The van der Waals surface area contributed by atoms with Gasteiger partial charge in [0.1, 0.15) is 5.82 Å². The molecule has 0 spiro atoms. The van der Waals surface area contributed by atoms with E-state index in [9.17, 15) is 9.18 Å². The highest BCUT2D eigenvalue weighted by Gasteiger charge is 2.12. The molecule has 1 aromatic rings. The fourth-order valence-electron chi connectivity index (χ4n) is 1.43. The van der Waals surface area contributed by atoms with Crippen LogP contribution in [0.4, 0.5) is 4.39 Å². The van der Waals surface area contributed by atoms with Gasteiger partial charge in [0.25, 0.3) is 5.91 Å². The molecule has 1 aromatic carbocycles. The van der Waals surface area contributed by atoms with Gasteiger partial charge in [-0.3, -0.25) is 4.79 Å². The van der Waals surface area contributed by atoms with Gasteiger partial charge in [0.05, 0.1) is 16.6 Å². The number of carbonyl (C=O) groups is 1. The highest BCUT2D eigenvalue weighted by atomic mass is 79.9. The Hall–Kier alpha value is -0.940. The van der Waals surface area contributed by atoms with Gasteiger partial charge in [0, 0.05) is 13.2 Å². The first kappa shape index (κ1) is 16.1. The van der Waals surface area contributed by atoms with Crippen LogP contribution in [0.3, 0.4) is 0 Å². The fraction of sp³-hybridized carbons (Fsp3) is 0.500. The van der Waals surface area contributed by atoms with E-state index < -0.39 is 11.7 Å². The molecule has 3 nitrogen and oxygen atoms in total. The van der Waals surface area contributed by atoms with E-state index >= 15 is 0 Å². The molecule has 0 atom stereocenters. The largest absolute Gasteiger partial charge is 0.380 e. The molecule has 1 rings (SSSR count). The molecule has 0 radical (unpaired) electrons. The second-order valence-corrected chi connectivity index (χ2v) is 5.51. The Kier molecular flexibility index (Phi) is 7.02. The Morgan fingerprint density at radius 2 is 2.16 bits per heavy atom. The molecule has 0 aliphatic carbocycles. The average molecular weight is 332 g/mol. The Morgan fingerprint density at radius 1 is 1.42 bits per heavy atom. The molecule has 0 saturated heterocycles. The third-order valence-electron chi connectivity index (χ3n) is 2.57. The van der Waals surface area contributed by atoms with Crippen molar-refractivity contribution in [3.8, 4) is 0 Å². The molecular formula is C14H19BrFNO2. The number of ether oxygens (including phenoxy) is 1. The van der Waals surface area contributed by atoms with Crippen LogP contribution in [-0.4, -0.2) is 25.7 Å². The van der Waals surface area contributed by atoms with Crippen molar-refractivity contribution in [1.29, 1.82) is 0 Å². The van der Waals surface area contributed by atoms with Gasteiger partial charge in [-0.05, 0) is 40.4 Å². The van der Waals surface area contributed by atoms with Gasteiger partial charge < -0.3 is 10.1 Å². The van der Waals surface area contributed by atoms with Crippen LogP contribution >= 0.6 is 15.9 Å². The summed E-state index contributed by atoms with van der Waals surface area (Å²) in [5, 5.41) is 2.63. The van der Waals surface area contributed by atoms with Gasteiger partial charge in [0.2, 0.25) is 0 Å². The first-order valence-electron chi connectivity index (χ1n) is 6.32. The summed E-state index contributed by atoms with van der Waals surface area (Å²) in [5.74, 6) is -0.364. The smallest absolute Gasteiger partial charge is 0.254 e. The van der Waals surface area contributed by atoms with Gasteiger partial charge in [-0.2, -0.15) is 0 Å². The summed E-state index contributed by atoms with van der Waals surface area (Å²) in [7, 11) is 0. The normalized spacial score (nSPS) is 10.8. The summed E-state index contributed by atoms with van der Waals surface area (Å²) in [6, 6.07) is 4.64. The monoisotopic (exact) mass is 331 g/mol. The molecule has 0 unspecified atom stereocenters. The van der Waals surface area contributed by atoms with E-state index in [4.69, 9.17) is 4.74 Å². The van der Waals surface area contributed by atoms with E-state index in [1.807, 2.05) is 0 Å². The quantitative estimate of drug-likeness (QED) is 0.778. The summed E-state index contributed by atoms with van der Waals surface area (Å²) >= 11 is 3.05. The van der Waals surface area contributed by atoms with Crippen LogP contribution < -0.4 is 5.32 Å². The van der Waals surface area contributed by atoms with Crippen LogP contribution in [0, 0.1) is 11.7 Å². The lowest BCUT2D eigenvalue weighted by Crippen LogP contribution is -2.28. The van der Waals surface area contributed by atoms with Crippen molar-refractivity contribution in [2.45, 2.75) is 20.3 Å². The zero-order chi connectivity index (χ0) is 14.3. The Balaban J connectivity index is 2.30.